The van der Waals surface area contributed by atoms with Crippen LogP contribution in [-0.2, 0) is 16.0 Å². The van der Waals surface area contributed by atoms with E-state index in [1.54, 1.807) is 42.6 Å². The van der Waals surface area contributed by atoms with Crippen molar-refractivity contribution in [2.24, 2.45) is 0 Å². The van der Waals surface area contributed by atoms with Gasteiger partial charge in [0.2, 0.25) is 0 Å². The highest BCUT2D eigenvalue weighted by atomic mass is 35.5. The molecule has 0 aliphatic rings. The molecular formula is C29H24ClN3O4S. The lowest BCUT2D eigenvalue weighted by Gasteiger charge is -2.04. The number of halogens is 1. The van der Waals surface area contributed by atoms with Gasteiger partial charge in [0.15, 0.2) is 5.13 Å². The molecule has 2 heterocycles. The van der Waals surface area contributed by atoms with Crippen molar-refractivity contribution in [3.8, 4) is 17.4 Å². The molecule has 38 heavy (non-hydrogen) atoms. The Morgan fingerprint density at radius 3 is 2.68 bits per heavy atom. The first kappa shape index (κ1) is 26.9. The minimum absolute atomic E-state index is 0.126. The molecule has 2 aromatic heterocycles. The molecule has 1 N–H and O–H groups in total. The Balaban J connectivity index is 1.39. The van der Waals surface area contributed by atoms with Gasteiger partial charge in [-0.15, -0.1) is 11.3 Å². The van der Waals surface area contributed by atoms with Gasteiger partial charge < -0.3 is 9.15 Å². The number of esters is 1. The number of nitrogens with zero attached hydrogens (tertiary/aromatic N) is 2. The Hall–Kier alpha value is -4.19. The molecule has 4 aromatic rings. The van der Waals surface area contributed by atoms with Gasteiger partial charge in [0.05, 0.1) is 12.2 Å². The first-order valence-corrected chi connectivity index (χ1v) is 13.1. The zero-order chi connectivity index (χ0) is 26.9. The minimum atomic E-state index is -0.588. The molecule has 0 bridgehead atoms. The van der Waals surface area contributed by atoms with E-state index < -0.39 is 5.91 Å². The lowest BCUT2D eigenvalue weighted by Crippen LogP contribution is -2.13. The highest BCUT2D eigenvalue weighted by Crippen LogP contribution is 2.26. The second-order valence-corrected chi connectivity index (χ2v) is 9.82. The number of ether oxygens (including phenoxy) is 1. The summed E-state index contributed by atoms with van der Waals surface area (Å²) in [7, 11) is 0. The van der Waals surface area contributed by atoms with Gasteiger partial charge in [-0.25, -0.2) is 9.78 Å². The molecule has 4 rings (SSSR count). The monoisotopic (exact) mass is 545 g/mol. The Morgan fingerprint density at radius 1 is 1.16 bits per heavy atom. The average molecular weight is 546 g/mol. The summed E-state index contributed by atoms with van der Waals surface area (Å²) in [5.41, 5.74) is 2.03. The van der Waals surface area contributed by atoms with Crippen molar-refractivity contribution in [3.05, 3.63) is 99.2 Å². The van der Waals surface area contributed by atoms with Crippen LogP contribution in [-0.4, -0.2) is 23.5 Å². The van der Waals surface area contributed by atoms with E-state index in [2.05, 4.69) is 10.3 Å². The lowest BCUT2D eigenvalue weighted by molar-refractivity contribution is -0.112. The topological polar surface area (TPSA) is 105 Å². The van der Waals surface area contributed by atoms with Gasteiger partial charge in [0, 0.05) is 34.2 Å². The van der Waals surface area contributed by atoms with Gasteiger partial charge in [-0.1, -0.05) is 55.3 Å². The Morgan fingerprint density at radius 2 is 1.95 bits per heavy atom. The van der Waals surface area contributed by atoms with E-state index in [0.717, 1.165) is 28.8 Å². The Labute approximate surface area is 229 Å². The number of anilines is 1. The van der Waals surface area contributed by atoms with Crippen LogP contribution in [0.5, 0.6) is 0 Å². The fourth-order valence-electron chi connectivity index (χ4n) is 3.48. The van der Waals surface area contributed by atoms with Crippen molar-refractivity contribution in [2.45, 2.75) is 26.2 Å². The standard InChI is InChI=1S/C29H24ClN3O4S/c1-2-3-14-36-28(35)20-10-8-19(9-11-20)26-13-12-23(37-26)15-22(17-31)27(34)33-29-32-18-24(38-29)16-21-6-4-5-7-25(21)30/h4-13,15,18H,2-3,14,16H2,1H3,(H,32,33,34). The number of nitrogens with one attached hydrogen (secondary N) is 1. The molecule has 1 amide bonds. The molecule has 9 heteroatoms. The smallest absolute Gasteiger partial charge is 0.338 e. The average Bonchev–Trinajstić information content (AvgIpc) is 3.58. The van der Waals surface area contributed by atoms with Crippen LogP contribution in [0.25, 0.3) is 17.4 Å². The largest absolute Gasteiger partial charge is 0.462 e. The van der Waals surface area contributed by atoms with Crippen LogP contribution in [0, 0.1) is 11.3 Å². The van der Waals surface area contributed by atoms with E-state index in [4.69, 9.17) is 20.8 Å². The van der Waals surface area contributed by atoms with Gasteiger partial charge in [0.25, 0.3) is 5.91 Å². The molecule has 2 aromatic carbocycles. The normalized spacial score (nSPS) is 11.1. The van der Waals surface area contributed by atoms with Crippen molar-refractivity contribution in [1.82, 2.24) is 4.98 Å². The van der Waals surface area contributed by atoms with Gasteiger partial charge in [0.1, 0.15) is 23.2 Å². The number of rotatable bonds is 10. The predicted molar refractivity (Wildman–Crippen MR) is 148 cm³/mol. The van der Waals surface area contributed by atoms with E-state index >= 15 is 0 Å². The first-order chi connectivity index (χ1) is 18.5. The number of furan rings is 1. The molecule has 7 nitrogen and oxygen atoms in total. The van der Waals surface area contributed by atoms with Gasteiger partial charge in [-0.05, 0) is 42.3 Å². The van der Waals surface area contributed by atoms with E-state index in [0.29, 0.717) is 40.3 Å². The number of hydrogen-bond acceptors (Lipinski definition) is 7. The SMILES string of the molecule is CCCCOC(=O)c1ccc(-c2ccc(C=C(C#N)C(=O)Nc3ncc(Cc4ccccc4Cl)s3)o2)cc1. The number of unbranched alkanes of at least 4 members (excludes halogenated alkanes) is 1. The third kappa shape index (κ3) is 6.97. The summed E-state index contributed by atoms with van der Waals surface area (Å²) in [6, 6.07) is 19.7. The van der Waals surface area contributed by atoms with E-state index in [9.17, 15) is 14.9 Å². The number of thiazole rings is 1. The highest BCUT2D eigenvalue weighted by Gasteiger charge is 2.15. The Bertz CT molecular complexity index is 1500. The van der Waals surface area contributed by atoms with Crippen LogP contribution in [0.1, 0.15) is 46.3 Å². The third-order valence-electron chi connectivity index (χ3n) is 5.51. The van der Waals surface area contributed by atoms with Crippen LogP contribution in [0.4, 0.5) is 5.13 Å². The number of carbonyl (C=O) groups is 2. The van der Waals surface area contributed by atoms with E-state index in [-0.39, 0.29) is 11.5 Å². The molecule has 0 saturated carbocycles. The molecule has 0 atom stereocenters. The van der Waals surface area contributed by atoms with Crippen molar-refractivity contribution < 1.29 is 18.7 Å². The van der Waals surface area contributed by atoms with Crippen LogP contribution in [0.15, 0.2) is 76.9 Å². The molecule has 0 unspecified atom stereocenters. The molecule has 0 aliphatic heterocycles. The van der Waals surface area contributed by atoms with Crippen LogP contribution < -0.4 is 5.32 Å². The van der Waals surface area contributed by atoms with Crippen molar-refractivity contribution in [2.75, 3.05) is 11.9 Å². The third-order valence-corrected chi connectivity index (χ3v) is 6.79. The summed E-state index contributed by atoms with van der Waals surface area (Å²) >= 11 is 7.54. The zero-order valence-electron chi connectivity index (χ0n) is 20.6. The fourth-order valence-corrected chi connectivity index (χ4v) is 4.51. The van der Waals surface area contributed by atoms with Crippen molar-refractivity contribution in [1.29, 1.82) is 5.26 Å². The summed E-state index contributed by atoms with van der Waals surface area (Å²) < 4.78 is 11.0. The number of hydrogen-bond donors (Lipinski definition) is 1. The second kappa shape index (κ2) is 12.9. The molecule has 192 valence electrons. The molecule has 0 fully saturated rings. The highest BCUT2D eigenvalue weighted by molar-refractivity contribution is 7.15. The van der Waals surface area contributed by atoms with Gasteiger partial charge in [-0.2, -0.15) is 5.26 Å². The Kier molecular flexibility index (Phi) is 9.09. The van der Waals surface area contributed by atoms with E-state index in [1.807, 2.05) is 37.3 Å². The maximum absolute atomic E-state index is 12.7. The molecule has 0 aliphatic carbocycles. The number of amides is 1. The number of benzene rings is 2. The summed E-state index contributed by atoms with van der Waals surface area (Å²) in [4.78, 5) is 30.0. The number of carbonyl (C=O) groups excluding carboxylic acids is 2. The van der Waals surface area contributed by atoms with Crippen molar-refractivity contribution in [3.63, 3.8) is 0 Å². The molecule has 0 radical (unpaired) electrons. The molecule has 0 spiro atoms. The van der Waals surface area contributed by atoms with Gasteiger partial charge >= 0.3 is 5.97 Å². The fraction of sp³-hybridized carbons (Fsp3) is 0.172. The number of nitriles is 1. The molecule has 0 saturated heterocycles. The van der Waals surface area contributed by atoms with Crippen LogP contribution in [0.3, 0.4) is 0 Å². The summed E-state index contributed by atoms with van der Waals surface area (Å²) in [6.07, 6.45) is 5.41. The van der Waals surface area contributed by atoms with Crippen LogP contribution >= 0.6 is 22.9 Å². The quantitative estimate of drug-likeness (QED) is 0.0981. The van der Waals surface area contributed by atoms with Crippen LogP contribution in [0.2, 0.25) is 5.02 Å². The maximum atomic E-state index is 12.7. The number of aromatic nitrogens is 1. The van der Waals surface area contributed by atoms with Crippen molar-refractivity contribution >= 4 is 46.0 Å². The summed E-state index contributed by atoms with van der Waals surface area (Å²) in [5, 5.41) is 13.3. The summed E-state index contributed by atoms with van der Waals surface area (Å²) in [6.45, 7) is 2.42. The van der Waals surface area contributed by atoms with E-state index in [1.165, 1.54) is 17.4 Å². The lowest BCUT2D eigenvalue weighted by atomic mass is 10.1. The molecular weight excluding hydrogens is 522 g/mol. The summed E-state index contributed by atoms with van der Waals surface area (Å²) in [5.74, 6) is -0.0822. The second-order valence-electron chi connectivity index (χ2n) is 8.29. The minimum Gasteiger partial charge on any atom is -0.462 e. The maximum Gasteiger partial charge on any atom is 0.338 e. The first-order valence-electron chi connectivity index (χ1n) is 12.0. The zero-order valence-corrected chi connectivity index (χ0v) is 22.1. The predicted octanol–water partition coefficient (Wildman–Crippen LogP) is 7.15. The van der Waals surface area contributed by atoms with Gasteiger partial charge in [-0.3, -0.25) is 10.1 Å².